The van der Waals surface area contributed by atoms with Gasteiger partial charge in [-0.15, -0.1) is 24.0 Å². The van der Waals surface area contributed by atoms with Crippen LogP contribution < -0.4 is 20.1 Å². The van der Waals surface area contributed by atoms with E-state index >= 15 is 0 Å². The Morgan fingerprint density at radius 2 is 1.77 bits per heavy atom. The number of guanidine groups is 1. The van der Waals surface area contributed by atoms with Crippen molar-refractivity contribution in [2.24, 2.45) is 4.99 Å². The van der Waals surface area contributed by atoms with Gasteiger partial charge in [0, 0.05) is 26.2 Å². The Morgan fingerprint density at radius 1 is 1.07 bits per heavy atom. The maximum atomic E-state index is 12.2. The molecular weight excluding hydrogens is 515 g/mol. The molecule has 2 aromatic rings. The second-order valence-electron chi connectivity index (χ2n) is 6.91. The monoisotopic (exact) mass is 544 g/mol. The lowest BCUT2D eigenvalue weighted by Crippen LogP contribution is -2.37. The largest absolute Gasteiger partial charge is 0.494 e. The average molecular weight is 544 g/mol. The Morgan fingerprint density at radius 3 is 2.40 bits per heavy atom. The van der Waals surface area contributed by atoms with E-state index in [1.807, 2.05) is 42.5 Å². The Labute approximate surface area is 195 Å². The summed E-state index contributed by atoms with van der Waals surface area (Å²) in [7, 11) is -1.69. The zero-order valence-electron chi connectivity index (χ0n) is 17.0. The van der Waals surface area contributed by atoms with Crippen LogP contribution in [0.4, 0.5) is 0 Å². The van der Waals surface area contributed by atoms with Crippen molar-refractivity contribution in [3.63, 3.8) is 0 Å². The van der Waals surface area contributed by atoms with Crippen molar-refractivity contribution in [2.45, 2.75) is 36.7 Å². The van der Waals surface area contributed by atoms with Gasteiger partial charge in [-0.05, 0) is 49.1 Å². The minimum Gasteiger partial charge on any atom is -0.494 e. The van der Waals surface area contributed by atoms with Crippen LogP contribution in [0.3, 0.4) is 0 Å². The van der Waals surface area contributed by atoms with Crippen molar-refractivity contribution in [3.05, 3.63) is 60.2 Å². The summed E-state index contributed by atoms with van der Waals surface area (Å²) >= 11 is 0. The van der Waals surface area contributed by atoms with E-state index in [0.29, 0.717) is 24.0 Å². The second kappa shape index (κ2) is 12.1. The standard InChI is InChI=1S/C21H28N4O3S.HI/c1-22-21(23-14-5-15-28-19-6-3-2-4-7-19)24-16-17-8-12-20(13-9-17)29(26,27)25-18-10-11-18;/h2-4,6-9,12-13,18,25H,5,10-11,14-16H2,1H3,(H2,22,23,24);1H. The Kier molecular flexibility index (Phi) is 9.86. The first kappa shape index (κ1) is 24.4. The van der Waals surface area contributed by atoms with E-state index < -0.39 is 10.0 Å². The fourth-order valence-corrected chi connectivity index (χ4v) is 3.97. The highest BCUT2D eigenvalue weighted by Gasteiger charge is 2.27. The highest BCUT2D eigenvalue weighted by molar-refractivity contribution is 14.0. The molecule has 7 nitrogen and oxygen atoms in total. The van der Waals surface area contributed by atoms with E-state index in [1.54, 1.807) is 19.2 Å². The molecule has 0 atom stereocenters. The van der Waals surface area contributed by atoms with Gasteiger partial charge < -0.3 is 15.4 Å². The summed E-state index contributed by atoms with van der Waals surface area (Å²) in [5, 5.41) is 6.47. The van der Waals surface area contributed by atoms with Crippen molar-refractivity contribution in [3.8, 4) is 5.75 Å². The third-order valence-corrected chi connectivity index (χ3v) is 5.98. The van der Waals surface area contributed by atoms with E-state index in [1.165, 1.54) is 0 Å². The lowest BCUT2D eigenvalue weighted by molar-refractivity contribution is 0.311. The van der Waals surface area contributed by atoms with E-state index in [-0.39, 0.29) is 30.0 Å². The van der Waals surface area contributed by atoms with Gasteiger partial charge in [-0.3, -0.25) is 4.99 Å². The Hall–Kier alpha value is -1.85. The van der Waals surface area contributed by atoms with Gasteiger partial charge in [0.25, 0.3) is 0 Å². The normalized spacial score (nSPS) is 14.0. The number of sulfonamides is 1. The van der Waals surface area contributed by atoms with Crippen LogP contribution in [0, 0.1) is 0 Å². The molecule has 1 saturated carbocycles. The summed E-state index contributed by atoms with van der Waals surface area (Å²) < 4.78 is 32.8. The molecule has 0 heterocycles. The van der Waals surface area contributed by atoms with Gasteiger partial charge in [0.2, 0.25) is 10.0 Å². The van der Waals surface area contributed by atoms with Gasteiger partial charge in [0.1, 0.15) is 5.75 Å². The zero-order chi connectivity index (χ0) is 20.5. The lowest BCUT2D eigenvalue weighted by atomic mass is 10.2. The molecule has 1 aliphatic carbocycles. The van der Waals surface area contributed by atoms with Gasteiger partial charge in [0.15, 0.2) is 5.96 Å². The Balaban J connectivity index is 0.00000320. The van der Waals surface area contributed by atoms with Crippen LogP contribution in [-0.4, -0.2) is 40.6 Å². The minimum absolute atomic E-state index is 0. The van der Waals surface area contributed by atoms with Gasteiger partial charge in [0.05, 0.1) is 11.5 Å². The van der Waals surface area contributed by atoms with Crippen molar-refractivity contribution in [1.29, 1.82) is 0 Å². The van der Waals surface area contributed by atoms with Crippen molar-refractivity contribution < 1.29 is 13.2 Å². The molecule has 0 amide bonds. The first-order valence-corrected chi connectivity index (χ1v) is 11.3. The topological polar surface area (TPSA) is 91.8 Å². The number of hydrogen-bond donors (Lipinski definition) is 3. The maximum absolute atomic E-state index is 12.2. The summed E-state index contributed by atoms with van der Waals surface area (Å²) in [5.74, 6) is 1.56. The van der Waals surface area contributed by atoms with Crippen molar-refractivity contribution in [1.82, 2.24) is 15.4 Å². The number of ether oxygens (including phenoxy) is 1. The third kappa shape index (κ3) is 8.11. The highest BCUT2D eigenvalue weighted by Crippen LogP contribution is 2.22. The first-order chi connectivity index (χ1) is 14.1. The number of nitrogens with one attached hydrogen (secondary N) is 3. The van der Waals surface area contributed by atoms with Crippen LogP contribution in [0.1, 0.15) is 24.8 Å². The molecular formula is C21H29IN4O3S. The summed E-state index contributed by atoms with van der Waals surface area (Å²) in [5.41, 5.74) is 0.978. The van der Waals surface area contributed by atoms with Gasteiger partial charge >= 0.3 is 0 Å². The fraction of sp³-hybridized carbons (Fsp3) is 0.381. The molecule has 2 aromatic carbocycles. The predicted octanol–water partition coefficient (Wildman–Crippen LogP) is 2.88. The maximum Gasteiger partial charge on any atom is 0.240 e. The summed E-state index contributed by atoms with van der Waals surface area (Å²) in [6, 6.07) is 16.7. The number of rotatable bonds is 10. The molecule has 0 bridgehead atoms. The predicted molar refractivity (Wildman–Crippen MR) is 130 cm³/mol. The molecule has 0 unspecified atom stereocenters. The van der Waals surface area contributed by atoms with E-state index in [0.717, 1.165) is 37.1 Å². The smallest absolute Gasteiger partial charge is 0.240 e. The summed E-state index contributed by atoms with van der Waals surface area (Å²) in [6.45, 7) is 1.91. The van der Waals surface area contributed by atoms with E-state index in [2.05, 4.69) is 20.3 Å². The SMILES string of the molecule is CN=C(NCCCOc1ccccc1)NCc1ccc(S(=O)(=O)NC2CC2)cc1.I. The molecule has 0 saturated heterocycles. The lowest BCUT2D eigenvalue weighted by Gasteiger charge is -2.13. The number of nitrogens with zero attached hydrogens (tertiary/aromatic N) is 1. The molecule has 0 radical (unpaired) electrons. The van der Waals surface area contributed by atoms with Gasteiger partial charge in [-0.2, -0.15) is 0 Å². The fourth-order valence-electron chi connectivity index (χ4n) is 2.67. The number of para-hydroxylation sites is 1. The zero-order valence-corrected chi connectivity index (χ0v) is 20.2. The molecule has 3 rings (SSSR count). The molecule has 0 spiro atoms. The second-order valence-corrected chi connectivity index (χ2v) is 8.62. The molecule has 0 aromatic heterocycles. The highest BCUT2D eigenvalue weighted by atomic mass is 127. The molecule has 9 heteroatoms. The molecule has 0 aliphatic heterocycles. The molecule has 1 aliphatic rings. The molecule has 1 fully saturated rings. The van der Waals surface area contributed by atoms with Crippen LogP contribution in [-0.2, 0) is 16.6 Å². The van der Waals surface area contributed by atoms with Crippen LogP contribution in [0.5, 0.6) is 5.75 Å². The quantitative estimate of drug-likeness (QED) is 0.185. The first-order valence-electron chi connectivity index (χ1n) is 9.80. The Bertz CT molecular complexity index is 902. The summed E-state index contributed by atoms with van der Waals surface area (Å²) in [4.78, 5) is 4.50. The third-order valence-electron chi connectivity index (χ3n) is 4.44. The summed E-state index contributed by atoms with van der Waals surface area (Å²) in [6.07, 6.45) is 2.69. The van der Waals surface area contributed by atoms with Crippen LogP contribution in [0.25, 0.3) is 0 Å². The number of halogens is 1. The van der Waals surface area contributed by atoms with Crippen LogP contribution in [0.15, 0.2) is 64.5 Å². The average Bonchev–Trinajstić information content (AvgIpc) is 3.54. The number of hydrogen-bond acceptors (Lipinski definition) is 4. The molecule has 164 valence electrons. The molecule has 30 heavy (non-hydrogen) atoms. The van der Waals surface area contributed by atoms with Crippen molar-refractivity contribution >= 4 is 40.0 Å². The van der Waals surface area contributed by atoms with E-state index in [4.69, 9.17) is 4.74 Å². The minimum atomic E-state index is -3.41. The van der Waals surface area contributed by atoms with Crippen LogP contribution in [0.2, 0.25) is 0 Å². The number of aliphatic imine (C=N–C) groups is 1. The van der Waals surface area contributed by atoms with Crippen LogP contribution >= 0.6 is 24.0 Å². The molecule has 3 N–H and O–H groups in total. The van der Waals surface area contributed by atoms with Crippen molar-refractivity contribution in [2.75, 3.05) is 20.2 Å². The van der Waals surface area contributed by atoms with Gasteiger partial charge in [-0.1, -0.05) is 30.3 Å². The van der Waals surface area contributed by atoms with Gasteiger partial charge in [-0.25, -0.2) is 13.1 Å². The van der Waals surface area contributed by atoms with E-state index in [9.17, 15) is 8.42 Å². The number of benzene rings is 2.